The lowest BCUT2D eigenvalue weighted by Gasteiger charge is -2.19. The van der Waals surface area contributed by atoms with E-state index in [4.69, 9.17) is 19.3 Å². The zero-order chi connectivity index (χ0) is 19.0. The van der Waals surface area contributed by atoms with Crippen LogP contribution in [-0.2, 0) is 4.79 Å². The van der Waals surface area contributed by atoms with Gasteiger partial charge in [-0.1, -0.05) is 0 Å². The lowest BCUT2D eigenvalue weighted by Crippen LogP contribution is -2.46. The summed E-state index contributed by atoms with van der Waals surface area (Å²) in [6, 6.07) is 2.98. The number of aliphatic hydroxyl groups is 1. The van der Waals surface area contributed by atoms with Gasteiger partial charge in [0.15, 0.2) is 17.1 Å². The summed E-state index contributed by atoms with van der Waals surface area (Å²) >= 11 is 0. The minimum Gasteiger partial charge on any atom is -0.490 e. The predicted molar refractivity (Wildman–Crippen MR) is 90.5 cm³/mol. The van der Waals surface area contributed by atoms with E-state index < -0.39 is 24.0 Å². The summed E-state index contributed by atoms with van der Waals surface area (Å²) in [6.07, 6.45) is 0. The Balaban J connectivity index is 3.13. The number of nitrogens with one attached hydrogen (secondary N) is 1. The van der Waals surface area contributed by atoms with Crippen molar-refractivity contribution < 1.29 is 34.0 Å². The molecule has 0 heterocycles. The van der Waals surface area contributed by atoms with Gasteiger partial charge in [-0.25, -0.2) is 4.79 Å². The molecule has 0 aromatic heterocycles. The average molecular weight is 355 g/mol. The minimum atomic E-state index is -2.06. The molecule has 25 heavy (non-hydrogen) atoms. The molecule has 1 rings (SSSR count). The zero-order valence-corrected chi connectivity index (χ0v) is 14.9. The minimum absolute atomic E-state index is 0.205. The predicted octanol–water partition coefficient (Wildman–Crippen LogP) is 1.45. The Morgan fingerprint density at radius 3 is 1.92 bits per heavy atom. The summed E-state index contributed by atoms with van der Waals surface area (Å²) in [7, 11) is 0. The van der Waals surface area contributed by atoms with Crippen LogP contribution in [0.5, 0.6) is 17.2 Å². The number of rotatable bonds is 10. The van der Waals surface area contributed by atoms with Crippen LogP contribution in [0.4, 0.5) is 0 Å². The standard InChI is InChI=1S/C17H25NO7/c1-5-23-12-8-11(9-13(24-6-2)14(12)25-7-3)15(19)18-10-17(4,22)16(20)21/h8-9,22H,5-7,10H2,1-4H3,(H,18,19)(H,20,21). The van der Waals surface area contributed by atoms with Crippen LogP contribution >= 0.6 is 0 Å². The van der Waals surface area contributed by atoms with Crippen LogP contribution in [0.15, 0.2) is 12.1 Å². The van der Waals surface area contributed by atoms with Gasteiger partial charge in [0.25, 0.3) is 5.91 Å². The largest absolute Gasteiger partial charge is 0.490 e. The van der Waals surface area contributed by atoms with Crippen molar-refractivity contribution in [3.8, 4) is 17.2 Å². The second kappa shape index (κ2) is 9.12. The average Bonchev–Trinajstić information content (AvgIpc) is 2.55. The van der Waals surface area contributed by atoms with Gasteiger partial charge < -0.3 is 29.7 Å². The molecule has 8 heteroatoms. The van der Waals surface area contributed by atoms with Gasteiger partial charge >= 0.3 is 5.97 Å². The molecular weight excluding hydrogens is 330 g/mol. The first-order valence-corrected chi connectivity index (χ1v) is 8.07. The van der Waals surface area contributed by atoms with Gasteiger partial charge in [0.1, 0.15) is 0 Å². The highest BCUT2D eigenvalue weighted by molar-refractivity contribution is 5.96. The highest BCUT2D eigenvalue weighted by atomic mass is 16.5. The van der Waals surface area contributed by atoms with Crippen molar-refractivity contribution >= 4 is 11.9 Å². The number of carbonyl (C=O) groups excluding carboxylic acids is 1. The van der Waals surface area contributed by atoms with Crippen molar-refractivity contribution in [3.63, 3.8) is 0 Å². The fourth-order valence-corrected chi connectivity index (χ4v) is 1.95. The molecule has 0 radical (unpaired) electrons. The van der Waals surface area contributed by atoms with Crippen LogP contribution in [0, 0.1) is 0 Å². The third kappa shape index (κ3) is 5.53. The Labute approximate surface area is 146 Å². The van der Waals surface area contributed by atoms with E-state index in [9.17, 15) is 14.7 Å². The number of aliphatic carboxylic acids is 1. The van der Waals surface area contributed by atoms with Crippen LogP contribution in [0.25, 0.3) is 0 Å². The van der Waals surface area contributed by atoms with Crippen molar-refractivity contribution in [1.82, 2.24) is 5.32 Å². The Bertz CT molecular complexity index is 586. The first kappa shape index (κ1) is 20.6. The van der Waals surface area contributed by atoms with Crippen molar-refractivity contribution in [2.24, 2.45) is 0 Å². The Morgan fingerprint density at radius 1 is 1.04 bits per heavy atom. The lowest BCUT2D eigenvalue weighted by atomic mass is 10.1. The quantitative estimate of drug-likeness (QED) is 0.582. The van der Waals surface area contributed by atoms with Gasteiger partial charge in [0, 0.05) is 5.56 Å². The normalized spacial score (nSPS) is 12.8. The molecule has 1 aromatic rings. The van der Waals surface area contributed by atoms with E-state index in [1.807, 2.05) is 6.92 Å². The van der Waals surface area contributed by atoms with E-state index in [0.29, 0.717) is 37.1 Å². The van der Waals surface area contributed by atoms with Crippen LogP contribution in [0.2, 0.25) is 0 Å². The smallest absolute Gasteiger partial charge is 0.337 e. The number of carbonyl (C=O) groups is 2. The zero-order valence-electron chi connectivity index (χ0n) is 14.9. The Morgan fingerprint density at radius 2 is 1.52 bits per heavy atom. The maximum absolute atomic E-state index is 12.3. The van der Waals surface area contributed by atoms with Crippen LogP contribution in [0.1, 0.15) is 38.1 Å². The summed E-state index contributed by atoms with van der Waals surface area (Å²) in [6.45, 7) is 7.20. The van der Waals surface area contributed by atoms with E-state index in [0.717, 1.165) is 6.92 Å². The summed E-state index contributed by atoms with van der Waals surface area (Å²) < 4.78 is 16.6. The third-order valence-corrected chi connectivity index (χ3v) is 3.23. The number of hydrogen-bond acceptors (Lipinski definition) is 6. The van der Waals surface area contributed by atoms with Crippen molar-refractivity contribution in [2.75, 3.05) is 26.4 Å². The number of amides is 1. The molecule has 0 aliphatic carbocycles. The van der Waals surface area contributed by atoms with Crippen molar-refractivity contribution in [3.05, 3.63) is 17.7 Å². The fraction of sp³-hybridized carbons (Fsp3) is 0.529. The number of benzene rings is 1. The van der Waals surface area contributed by atoms with Crippen LogP contribution in [0.3, 0.4) is 0 Å². The highest BCUT2D eigenvalue weighted by Gasteiger charge is 2.30. The summed E-state index contributed by atoms with van der Waals surface area (Å²) in [5.41, 5.74) is -1.86. The number of hydrogen-bond donors (Lipinski definition) is 3. The molecular formula is C17H25NO7. The van der Waals surface area contributed by atoms with Gasteiger partial charge in [0.2, 0.25) is 5.75 Å². The van der Waals surface area contributed by atoms with Gasteiger partial charge in [-0.15, -0.1) is 0 Å². The van der Waals surface area contributed by atoms with Gasteiger partial charge in [-0.2, -0.15) is 0 Å². The molecule has 0 spiro atoms. The van der Waals surface area contributed by atoms with E-state index in [-0.39, 0.29) is 5.56 Å². The third-order valence-electron chi connectivity index (χ3n) is 3.23. The number of ether oxygens (including phenoxy) is 3. The molecule has 1 atom stereocenters. The van der Waals surface area contributed by atoms with E-state index >= 15 is 0 Å². The second-order valence-corrected chi connectivity index (χ2v) is 5.36. The number of carboxylic acids is 1. The number of carboxylic acid groups (broad SMARTS) is 1. The molecule has 0 aliphatic heterocycles. The van der Waals surface area contributed by atoms with Gasteiger partial charge in [-0.3, -0.25) is 4.79 Å². The highest BCUT2D eigenvalue weighted by Crippen LogP contribution is 2.39. The molecule has 1 amide bonds. The summed E-state index contributed by atoms with van der Waals surface area (Å²) in [5.74, 6) is -0.882. The molecule has 8 nitrogen and oxygen atoms in total. The molecule has 0 fully saturated rings. The SMILES string of the molecule is CCOc1cc(C(=O)NCC(C)(O)C(=O)O)cc(OCC)c1OCC. The lowest BCUT2D eigenvalue weighted by molar-refractivity contribution is -0.155. The molecule has 3 N–H and O–H groups in total. The van der Waals surface area contributed by atoms with Crippen LogP contribution < -0.4 is 19.5 Å². The topological polar surface area (TPSA) is 114 Å². The summed E-state index contributed by atoms with van der Waals surface area (Å²) in [4.78, 5) is 23.2. The Kier molecular flexibility index (Phi) is 7.50. The first-order valence-electron chi connectivity index (χ1n) is 8.07. The fourth-order valence-electron chi connectivity index (χ4n) is 1.95. The Hall–Kier alpha value is -2.48. The van der Waals surface area contributed by atoms with E-state index in [2.05, 4.69) is 5.32 Å². The molecule has 0 bridgehead atoms. The molecule has 0 saturated carbocycles. The molecule has 1 aromatic carbocycles. The van der Waals surface area contributed by atoms with E-state index in [1.165, 1.54) is 12.1 Å². The first-order chi connectivity index (χ1) is 11.8. The molecule has 0 saturated heterocycles. The summed E-state index contributed by atoms with van der Waals surface area (Å²) in [5, 5.41) is 21.0. The van der Waals surface area contributed by atoms with Crippen LogP contribution in [-0.4, -0.2) is 54.1 Å². The van der Waals surface area contributed by atoms with Crippen molar-refractivity contribution in [2.45, 2.75) is 33.3 Å². The molecule has 0 aliphatic rings. The van der Waals surface area contributed by atoms with Crippen molar-refractivity contribution in [1.29, 1.82) is 0 Å². The molecule has 140 valence electrons. The van der Waals surface area contributed by atoms with Gasteiger partial charge in [0.05, 0.1) is 26.4 Å². The maximum Gasteiger partial charge on any atom is 0.337 e. The van der Waals surface area contributed by atoms with Gasteiger partial charge in [-0.05, 0) is 39.8 Å². The second-order valence-electron chi connectivity index (χ2n) is 5.36. The van der Waals surface area contributed by atoms with E-state index in [1.54, 1.807) is 13.8 Å². The molecule has 1 unspecified atom stereocenters. The monoisotopic (exact) mass is 355 g/mol. The maximum atomic E-state index is 12.3.